The van der Waals surface area contributed by atoms with E-state index >= 15 is 0 Å². The molecule has 1 aromatic rings. The Morgan fingerprint density at radius 3 is 2.70 bits per heavy atom. The number of pyridine rings is 1. The minimum absolute atomic E-state index is 0. The number of carbonyl (C=O) groups excluding carboxylic acids is 1. The maximum atomic E-state index is 12.1. The molecular weight excluding hydrogens is 276 g/mol. The standard InChI is InChI=1S/C14H22N4O.ClH/c1-12-3-4-13(9-16-12)10-17(2)11-14(19)18-7-5-15-6-8-18;/h3-4,9,15H,5-8,10-11H2,1-2H3;1H. The predicted molar refractivity (Wildman–Crippen MR) is 82.0 cm³/mol. The number of aryl methyl sites for hydroxylation is 1. The third-order valence-electron chi connectivity index (χ3n) is 3.30. The highest BCUT2D eigenvalue weighted by molar-refractivity contribution is 5.85. The number of halogens is 1. The Hall–Kier alpha value is -1.17. The Bertz CT molecular complexity index is 418. The first-order chi connectivity index (χ1) is 9.15. The molecule has 5 nitrogen and oxygen atoms in total. The Morgan fingerprint density at radius 1 is 1.40 bits per heavy atom. The van der Waals surface area contributed by atoms with E-state index in [0.29, 0.717) is 6.54 Å². The molecule has 1 aromatic heterocycles. The van der Waals surface area contributed by atoms with E-state index in [4.69, 9.17) is 0 Å². The summed E-state index contributed by atoms with van der Waals surface area (Å²) in [5.74, 6) is 0.212. The van der Waals surface area contributed by atoms with Crippen molar-refractivity contribution in [2.75, 3.05) is 39.8 Å². The minimum atomic E-state index is 0. The molecule has 0 radical (unpaired) electrons. The molecule has 0 saturated carbocycles. The fourth-order valence-electron chi connectivity index (χ4n) is 2.20. The van der Waals surface area contributed by atoms with Crippen LogP contribution in [0.5, 0.6) is 0 Å². The van der Waals surface area contributed by atoms with Gasteiger partial charge in [0.05, 0.1) is 6.54 Å². The van der Waals surface area contributed by atoms with Crippen molar-refractivity contribution in [1.82, 2.24) is 20.1 Å². The van der Waals surface area contributed by atoms with Gasteiger partial charge in [0, 0.05) is 44.6 Å². The number of nitrogens with one attached hydrogen (secondary N) is 1. The van der Waals surface area contributed by atoms with E-state index in [1.165, 1.54) is 0 Å². The monoisotopic (exact) mass is 298 g/mol. The molecule has 0 bridgehead atoms. The van der Waals surface area contributed by atoms with Crippen LogP contribution in [0.4, 0.5) is 0 Å². The van der Waals surface area contributed by atoms with Crippen molar-refractivity contribution in [2.24, 2.45) is 0 Å². The van der Waals surface area contributed by atoms with Gasteiger partial charge in [-0.05, 0) is 25.6 Å². The van der Waals surface area contributed by atoms with Crippen LogP contribution in [-0.2, 0) is 11.3 Å². The van der Waals surface area contributed by atoms with Crippen LogP contribution in [0, 0.1) is 6.92 Å². The molecule has 112 valence electrons. The van der Waals surface area contributed by atoms with Gasteiger partial charge in [-0.25, -0.2) is 0 Å². The Balaban J connectivity index is 0.00000200. The molecule has 0 aromatic carbocycles. The smallest absolute Gasteiger partial charge is 0.236 e. The highest BCUT2D eigenvalue weighted by atomic mass is 35.5. The van der Waals surface area contributed by atoms with E-state index in [9.17, 15) is 4.79 Å². The zero-order valence-corrected chi connectivity index (χ0v) is 12.9. The number of likely N-dealkylation sites (N-methyl/N-ethyl adjacent to an activating group) is 1. The van der Waals surface area contributed by atoms with Crippen molar-refractivity contribution < 1.29 is 4.79 Å². The fraction of sp³-hybridized carbons (Fsp3) is 0.571. The van der Waals surface area contributed by atoms with Crippen LogP contribution in [0.1, 0.15) is 11.3 Å². The van der Waals surface area contributed by atoms with Gasteiger partial charge in [0.1, 0.15) is 0 Å². The molecule has 0 atom stereocenters. The third kappa shape index (κ3) is 5.07. The lowest BCUT2D eigenvalue weighted by molar-refractivity contribution is -0.132. The molecule has 2 heterocycles. The topological polar surface area (TPSA) is 48.5 Å². The van der Waals surface area contributed by atoms with Crippen molar-refractivity contribution in [1.29, 1.82) is 0 Å². The summed E-state index contributed by atoms with van der Waals surface area (Å²) in [6, 6.07) is 4.06. The molecule has 0 aliphatic carbocycles. The van der Waals surface area contributed by atoms with Gasteiger partial charge in [0.25, 0.3) is 0 Å². The molecule has 20 heavy (non-hydrogen) atoms. The first-order valence-electron chi connectivity index (χ1n) is 6.74. The summed E-state index contributed by atoms with van der Waals surface area (Å²) in [5.41, 5.74) is 2.16. The molecular formula is C14H23ClN4O. The molecule has 1 aliphatic rings. The van der Waals surface area contributed by atoms with Crippen molar-refractivity contribution >= 4 is 18.3 Å². The van der Waals surface area contributed by atoms with E-state index in [0.717, 1.165) is 44.0 Å². The van der Waals surface area contributed by atoms with Gasteiger partial charge in [0.15, 0.2) is 0 Å². The molecule has 1 amide bonds. The number of amides is 1. The minimum Gasteiger partial charge on any atom is -0.339 e. The van der Waals surface area contributed by atoms with Gasteiger partial charge in [0.2, 0.25) is 5.91 Å². The summed E-state index contributed by atoms with van der Waals surface area (Å²) in [6.07, 6.45) is 1.88. The number of carbonyl (C=O) groups is 1. The van der Waals surface area contributed by atoms with E-state index in [-0.39, 0.29) is 18.3 Å². The van der Waals surface area contributed by atoms with Crippen molar-refractivity contribution in [3.8, 4) is 0 Å². The molecule has 0 unspecified atom stereocenters. The molecule has 1 N–H and O–H groups in total. The van der Waals surface area contributed by atoms with Crippen LogP contribution in [0.2, 0.25) is 0 Å². The Morgan fingerprint density at radius 2 is 2.10 bits per heavy atom. The summed E-state index contributed by atoms with van der Waals surface area (Å²) in [5, 5.41) is 3.25. The highest BCUT2D eigenvalue weighted by Gasteiger charge is 2.17. The van der Waals surface area contributed by atoms with Crippen LogP contribution in [0.15, 0.2) is 18.3 Å². The second kappa shape index (κ2) is 8.19. The summed E-state index contributed by atoms with van der Waals surface area (Å²) in [4.78, 5) is 20.3. The lowest BCUT2D eigenvalue weighted by Crippen LogP contribution is -2.49. The van der Waals surface area contributed by atoms with Gasteiger partial charge < -0.3 is 10.2 Å². The van der Waals surface area contributed by atoms with Gasteiger partial charge in [-0.3, -0.25) is 14.7 Å². The lowest BCUT2D eigenvalue weighted by Gasteiger charge is -2.29. The van der Waals surface area contributed by atoms with Gasteiger partial charge >= 0.3 is 0 Å². The molecule has 2 rings (SSSR count). The summed E-state index contributed by atoms with van der Waals surface area (Å²) < 4.78 is 0. The zero-order valence-electron chi connectivity index (χ0n) is 12.1. The number of nitrogens with zero attached hydrogens (tertiary/aromatic N) is 3. The molecule has 1 fully saturated rings. The van der Waals surface area contributed by atoms with Crippen LogP contribution in [0.25, 0.3) is 0 Å². The molecule has 6 heteroatoms. The number of aromatic nitrogens is 1. The van der Waals surface area contributed by atoms with E-state index in [1.54, 1.807) is 0 Å². The number of piperazine rings is 1. The Kier molecular flexibility index (Phi) is 6.91. The number of hydrogen-bond donors (Lipinski definition) is 1. The number of hydrogen-bond acceptors (Lipinski definition) is 4. The summed E-state index contributed by atoms with van der Waals surface area (Å²) in [7, 11) is 1.97. The fourth-order valence-corrected chi connectivity index (χ4v) is 2.20. The average molecular weight is 299 g/mol. The third-order valence-corrected chi connectivity index (χ3v) is 3.30. The molecule has 1 saturated heterocycles. The second-order valence-electron chi connectivity index (χ2n) is 5.11. The van der Waals surface area contributed by atoms with E-state index in [2.05, 4.69) is 16.4 Å². The Labute approximate surface area is 126 Å². The SMILES string of the molecule is Cc1ccc(CN(C)CC(=O)N2CCNCC2)cn1.Cl. The molecule has 1 aliphatic heterocycles. The predicted octanol–water partition coefficient (Wildman–Crippen LogP) is 0.675. The number of rotatable bonds is 4. The van der Waals surface area contributed by atoms with Crippen molar-refractivity contribution in [3.63, 3.8) is 0 Å². The van der Waals surface area contributed by atoms with Crippen LogP contribution in [0.3, 0.4) is 0 Å². The van der Waals surface area contributed by atoms with Crippen LogP contribution in [-0.4, -0.2) is 60.5 Å². The molecule has 0 spiro atoms. The first-order valence-corrected chi connectivity index (χ1v) is 6.74. The first kappa shape index (κ1) is 16.9. The van der Waals surface area contributed by atoms with Crippen molar-refractivity contribution in [2.45, 2.75) is 13.5 Å². The quantitative estimate of drug-likeness (QED) is 0.888. The highest BCUT2D eigenvalue weighted by Crippen LogP contribution is 2.04. The van der Waals surface area contributed by atoms with Gasteiger partial charge in [-0.1, -0.05) is 6.07 Å². The van der Waals surface area contributed by atoms with Crippen LogP contribution >= 0.6 is 12.4 Å². The van der Waals surface area contributed by atoms with E-state index < -0.39 is 0 Å². The lowest BCUT2D eigenvalue weighted by atomic mass is 10.2. The normalized spacial score (nSPS) is 15.1. The zero-order chi connectivity index (χ0) is 13.7. The largest absolute Gasteiger partial charge is 0.339 e. The summed E-state index contributed by atoms with van der Waals surface area (Å²) >= 11 is 0. The summed E-state index contributed by atoms with van der Waals surface area (Å²) in [6.45, 7) is 6.63. The van der Waals surface area contributed by atoms with Gasteiger partial charge in [-0.2, -0.15) is 0 Å². The second-order valence-corrected chi connectivity index (χ2v) is 5.11. The maximum absolute atomic E-state index is 12.1. The van der Waals surface area contributed by atoms with Gasteiger partial charge in [-0.15, -0.1) is 12.4 Å². The maximum Gasteiger partial charge on any atom is 0.236 e. The van der Waals surface area contributed by atoms with Crippen molar-refractivity contribution in [3.05, 3.63) is 29.6 Å². The average Bonchev–Trinajstić information content (AvgIpc) is 2.42. The van der Waals surface area contributed by atoms with Crippen LogP contribution < -0.4 is 5.32 Å². The van der Waals surface area contributed by atoms with E-state index in [1.807, 2.05) is 36.0 Å².